The highest BCUT2D eigenvalue weighted by molar-refractivity contribution is 5.77. The van der Waals surface area contributed by atoms with E-state index in [1.54, 1.807) is 0 Å². The van der Waals surface area contributed by atoms with Crippen molar-refractivity contribution in [2.75, 3.05) is 9.80 Å². The fraction of sp³-hybridized carbons (Fsp3) is 0.182. The summed E-state index contributed by atoms with van der Waals surface area (Å²) >= 11 is 0. The Labute approximate surface area is 279 Å². The third kappa shape index (κ3) is 11.1. The molecular formula is C44H52N2. The second-order valence-corrected chi connectivity index (χ2v) is 9.69. The van der Waals surface area contributed by atoms with Crippen molar-refractivity contribution < 1.29 is 0 Å². The highest BCUT2D eigenvalue weighted by Crippen LogP contribution is 2.35. The van der Waals surface area contributed by atoms with Crippen molar-refractivity contribution in [1.29, 1.82) is 0 Å². The molecule has 6 rings (SSSR count). The molecule has 0 aliphatic carbocycles. The maximum absolute atomic E-state index is 2.27. The van der Waals surface area contributed by atoms with Crippen LogP contribution in [-0.2, 0) is 0 Å². The molecule has 0 N–H and O–H groups in total. The molecule has 0 aliphatic heterocycles. The van der Waals surface area contributed by atoms with Gasteiger partial charge in [-0.2, -0.15) is 0 Å². The van der Waals surface area contributed by atoms with E-state index in [0.717, 1.165) is 0 Å². The lowest BCUT2D eigenvalue weighted by Gasteiger charge is -2.25. The standard InChI is InChI=1S/2C19H17N.3C2H6/c2*1-16-9-8-14-19(15-16)20(17-10-4-2-5-11-17)18-12-6-3-7-13-18;3*1-2/h2*2-15H,1H3;3*1-2H3. The lowest BCUT2D eigenvalue weighted by molar-refractivity contribution is 1.27. The maximum Gasteiger partial charge on any atom is 0.0464 e. The van der Waals surface area contributed by atoms with E-state index in [9.17, 15) is 0 Å². The normalized spacial score (nSPS) is 9.30. The predicted molar refractivity (Wildman–Crippen MR) is 206 cm³/mol. The maximum atomic E-state index is 2.27. The number of hydrogen-bond donors (Lipinski definition) is 0. The van der Waals surface area contributed by atoms with Crippen molar-refractivity contribution in [3.05, 3.63) is 181 Å². The number of nitrogens with zero attached hydrogens (tertiary/aromatic N) is 2. The highest BCUT2D eigenvalue weighted by atomic mass is 15.1. The van der Waals surface area contributed by atoms with Crippen LogP contribution in [-0.4, -0.2) is 0 Å². The summed E-state index contributed by atoms with van der Waals surface area (Å²) in [5.41, 5.74) is 9.57. The molecule has 0 fully saturated rings. The number of anilines is 6. The van der Waals surface area contributed by atoms with Gasteiger partial charge >= 0.3 is 0 Å². The van der Waals surface area contributed by atoms with Crippen LogP contribution >= 0.6 is 0 Å². The Kier molecular flexibility index (Phi) is 17.4. The molecule has 0 bridgehead atoms. The van der Waals surface area contributed by atoms with Crippen molar-refractivity contribution >= 4 is 34.1 Å². The molecule has 0 spiro atoms. The van der Waals surface area contributed by atoms with E-state index in [1.165, 1.54) is 45.3 Å². The van der Waals surface area contributed by atoms with Crippen LogP contribution in [0, 0.1) is 13.8 Å². The first-order chi connectivity index (χ1) is 22.7. The van der Waals surface area contributed by atoms with Crippen molar-refractivity contribution in [3.63, 3.8) is 0 Å². The fourth-order valence-corrected chi connectivity index (χ4v) is 4.74. The second kappa shape index (κ2) is 21.6. The number of hydrogen-bond acceptors (Lipinski definition) is 2. The summed E-state index contributed by atoms with van der Waals surface area (Å²) in [6.45, 7) is 16.2. The minimum Gasteiger partial charge on any atom is -0.310 e. The van der Waals surface area contributed by atoms with Crippen LogP contribution in [0.4, 0.5) is 34.1 Å². The Hall–Kier alpha value is -5.08. The van der Waals surface area contributed by atoms with E-state index in [2.05, 4.69) is 169 Å². The summed E-state index contributed by atoms with van der Waals surface area (Å²) in [5.74, 6) is 0. The highest BCUT2D eigenvalue weighted by Gasteiger charge is 2.12. The summed E-state index contributed by atoms with van der Waals surface area (Å²) in [6, 6.07) is 59.0. The van der Waals surface area contributed by atoms with Gasteiger partial charge in [-0.3, -0.25) is 0 Å². The first kappa shape index (κ1) is 37.1. The SMILES string of the molecule is CC.CC.CC.Cc1cccc(N(c2ccccc2)c2ccccc2)c1.Cc1cccc(N(c2ccccc2)c2ccccc2)c1. The minimum atomic E-state index is 1.17. The molecule has 46 heavy (non-hydrogen) atoms. The molecule has 238 valence electrons. The van der Waals surface area contributed by atoms with E-state index in [4.69, 9.17) is 0 Å². The topological polar surface area (TPSA) is 6.48 Å². The smallest absolute Gasteiger partial charge is 0.0464 e. The summed E-state index contributed by atoms with van der Waals surface area (Å²) in [5, 5.41) is 0. The molecule has 0 amide bonds. The van der Waals surface area contributed by atoms with Crippen molar-refractivity contribution in [1.82, 2.24) is 0 Å². The molecule has 6 aromatic rings. The van der Waals surface area contributed by atoms with Crippen molar-refractivity contribution in [2.24, 2.45) is 0 Å². The van der Waals surface area contributed by atoms with Crippen LogP contribution < -0.4 is 9.80 Å². The van der Waals surface area contributed by atoms with Gasteiger partial charge in [0.05, 0.1) is 0 Å². The van der Waals surface area contributed by atoms with E-state index < -0.39 is 0 Å². The van der Waals surface area contributed by atoms with Gasteiger partial charge in [0.1, 0.15) is 0 Å². The van der Waals surface area contributed by atoms with Crippen molar-refractivity contribution in [2.45, 2.75) is 55.4 Å². The monoisotopic (exact) mass is 608 g/mol. The number of rotatable bonds is 6. The number of benzene rings is 6. The lowest BCUT2D eigenvalue weighted by Crippen LogP contribution is -2.09. The second-order valence-electron chi connectivity index (χ2n) is 9.69. The van der Waals surface area contributed by atoms with Gasteiger partial charge in [0.25, 0.3) is 0 Å². The largest absolute Gasteiger partial charge is 0.310 e. The zero-order valence-corrected chi connectivity index (χ0v) is 29.1. The van der Waals surface area contributed by atoms with Gasteiger partial charge in [-0.25, -0.2) is 0 Å². The van der Waals surface area contributed by atoms with Gasteiger partial charge in [-0.1, -0.05) is 139 Å². The van der Waals surface area contributed by atoms with E-state index in [0.29, 0.717) is 0 Å². The van der Waals surface area contributed by atoms with E-state index in [1.807, 2.05) is 65.8 Å². The van der Waals surface area contributed by atoms with Crippen LogP contribution in [0.1, 0.15) is 52.7 Å². The first-order valence-corrected chi connectivity index (χ1v) is 16.6. The van der Waals surface area contributed by atoms with Gasteiger partial charge in [0, 0.05) is 34.1 Å². The average molecular weight is 609 g/mol. The molecule has 0 heterocycles. The summed E-state index contributed by atoms with van der Waals surface area (Å²) in [4.78, 5) is 4.54. The van der Waals surface area contributed by atoms with Crippen LogP contribution in [0.3, 0.4) is 0 Å². The zero-order chi connectivity index (χ0) is 33.6. The zero-order valence-electron chi connectivity index (χ0n) is 29.1. The third-order valence-electron chi connectivity index (χ3n) is 6.58. The van der Waals surface area contributed by atoms with Crippen LogP contribution in [0.25, 0.3) is 0 Å². The summed E-state index contributed by atoms with van der Waals surface area (Å²) < 4.78 is 0. The Morgan fingerprint density at radius 2 is 0.478 bits per heavy atom. The van der Waals surface area contributed by atoms with Crippen LogP contribution in [0.5, 0.6) is 0 Å². The quantitative estimate of drug-likeness (QED) is 0.186. The van der Waals surface area contributed by atoms with Gasteiger partial charge < -0.3 is 9.80 Å². The molecule has 0 aromatic heterocycles. The molecule has 0 saturated carbocycles. The van der Waals surface area contributed by atoms with Crippen molar-refractivity contribution in [3.8, 4) is 0 Å². The third-order valence-corrected chi connectivity index (χ3v) is 6.58. The fourth-order valence-electron chi connectivity index (χ4n) is 4.74. The van der Waals surface area contributed by atoms with Gasteiger partial charge in [-0.15, -0.1) is 0 Å². The molecule has 0 radical (unpaired) electrons. The van der Waals surface area contributed by atoms with Crippen LogP contribution in [0.2, 0.25) is 0 Å². The predicted octanol–water partition coefficient (Wildman–Crippen LogP) is 14.0. The number of aryl methyl sites for hydroxylation is 2. The molecule has 2 nitrogen and oxygen atoms in total. The van der Waals surface area contributed by atoms with E-state index in [-0.39, 0.29) is 0 Å². The Bertz CT molecular complexity index is 1390. The molecule has 6 aromatic carbocycles. The molecule has 0 aliphatic rings. The average Bonchev–Trinajstić information content (AvgIpc) is 3.13. The summed E-state index contributed by atoms with van der Waals surface area (Å²) in [7, 11) is 0. The summed E-state index contributed by atoms with van der Waals surface area (Å²) in [6.07, 6.45) is 0. The molecule has 0 atom stereocenters. The first-order valence-electron chi connectivity index (χ1n) is 16.6. The molecule has 0 unspecified atom stereocenters. The minimum absolute atomic E-state index is 1.17. The number of para-hydroxylation sites is 4. The lowest BCUT2D eigenvalue weighted by atomic mass is 10.1. The Balaban J connectivity index is 0.000000276. The Morgan fingerprint density at radius 1 is 0.261 bits per heavy atom. The van der Waals surface area contributed by atoms with Gasteiger partial charge in [0.15, 0.2) is 0 Å². The Morgan fingerprint density at radius 3 is 0.696 bits per heavy atom. The van der Waals surface area contributed by atoms with Gasteiger partial charge in [0.2, 0.25) is 0 Å². The van der Waals surface area contributed by atoms with Gasteiger partial charge in [-0.05, 0) is 97.8 Å². The van der Waals surface area contributed by atoms with Crippen LogP contribution in [0.15, 0.2) is 170 Å². The molecule has 0 saturated heterocycles. The molecule has 2 heteroatoms. The van der Waals surface area contributed by atoms with E-state index >= 15 is 0 Å². The molecular weight excluding hydrogens is 556 g/mol.